The van der Waals surface area contributed by atoms with Crippen molar-refractivity contribution in [1.82, 2.24) is 15.1 Å². The van der Waals surface area contributed by atoms with Crippen molar-refractivity contribution in [1.29, 1.82) is 0 Å². The smallest absolute Gasteiger partial charge is 0.359 e. The van der Waals surface area contributed by atoms with E-state index in [1.165, 1.54) is 0 Å². The molecule has 0 atom stereocenters. The zero-order chi connectivity index (χ0) is 23.2. The second-order valence-electron chi connectivity index (χ2n) is 7.74. The van der Waals surface area contributed by atoms with Crippen LogP contribution in [0.4, 0.5) is 0 Å². The third-order valence-electron chi connectivity index (χ3n) is 5.64. The molecule has 8 heteroatoms. The van der Waals surface area contributed by atoms with Gasteiger partial charge >= 0.3 is 5.97 Å². The molecule has 0 radical (unpaired) electrons. The first-order valence-electron chi connectivity index (χ1n) is 10.9. The number of benzene rings is 2. The van der Waals surface area contributed by atoms with E-state index in [9.17, 15) is 9.59 Å². The molecule has 0 spiro atoms. The number of hydrogen-bond acceptors (Lipinski definition) is 6. The number of aromatic nitrogens is 2. The second kappa shape index (κ2) is 10.2. The lowest BCUT2D eigenvalue weighted by Crippen LogP contribution is -2.30. The summed E-state index contributed by atoms with van der Waals surface area (Å²) in [6, 6.07) is 15.3. The van der Waals surface area contributed by atoms with Crippen molar-refractivity contribution in [3.8, 4) is 17.2 Å². The minimum Gasteiger partial charge on any atom is -0.493 e. The lowest BCUT2D eigenvalue weighted by Gasteiger charge is -2.10. The molecule has 1 aliphatic rings. The van der Waals surface area contributed by atoms with Crippen LogP contribution in [0.3, 0.4) is 0 Å². The van der Waals surface area contributed by atoms with Gasteiger partial charge in [-0.25, -0.2) is 9.48 Å². The highest BCUT2D eigenvalue weighted by molar-refractivity contribution is 5.91. The highest BCUT2D eigenvalue weighted by atomic mass is 16.5. The van der Waals surface area contributed by atoms with Crippen LogP contribution in [0.15, 0.2) is 48.5 Å². The molecule has 0 unspecified atom stereocenters. The van der Waals surface area contributed by atoms with Gasteiger partial charge in [-0.3, -0.25) is 4.79 Å². The van der Waals surface area contributed by atoms with Gasteiger partial charge in [0, 0.05) is 17.8 Å². The van der Waals surface area contributed by atoms with Crippen LogP contribution in [-0.2, 0) is 28.8 Å². The molecule has 172 valence electrons. The summed E-state index contributed by atoms with van der Waals surface area (Å²) < 4.78 is 17.6. The maximum atomic E-state index is 12.7. The molecule has 0 aliphatic heterocycles. The number of nitrogens with one attached hydrogen (secondary N) is 1. The number of carbonyl (C=O) groups is 2. The fraction of sp³-hybridized carbons (Fsp3) is 0.320. The highest BCUT2D eigenvalue weighted by Crippen LogP contribution is 2.29. The molecular formula is C25H27N3O5. The summed E-state index contributed by atoms with van der Waals surface area (Å²) in [6.45, 7) is 0.0572. The number of fused-ring (bicyclic) bond motifs is 1. The summed E-state index contributed by atoms with van der Waals surface area (Å²) >= 11 is 0. The average Bonchev–Trinajstić information content (AvgIpc) is 3.46. The van der Waals surface area contributed by atoms with Crippen molar-refractivity contribution in [2.75, 3.05) is 27.4 Å². The normalized spacial score (nSPS) is 12.2. The van der Waals surface area contributed by atoms with E-state index in [0.717, 1.165) is 41.8 Å². The lowest BCUT2D eigenvalue weighted by molar-refractivity contribution is -0.124. The number of para-hydroxylation sites is 1. The molecule has 0 saturated heterocycles. The number of ether oxygens (including phenoxy) is 3. The first-order valence-corrected chi connectivity index (χ1v) is 10.9. The number of esters is 1. The average molecular weight is 450 g/mol. The minimum absolute atomic E-state index is 0.296. The van der Waals surface area contributed by atoms with Crippen molar-refractivity contribution in [3.63, 3.8) is 0 Å². The Bertz CT molecular complexity index is 1140. The first kappa shape index (κ1) is 22.4. The molecule has 0 saturated carbocycles. The van der Waals surface area contributed by atoms with E-state index in [0.29, 0.717) is 30.2 Å². The molecule has 1 aliphatic carbocycles. The molecule has 2 aromatic carbocycles. The van der Waals surface area contributed by atoms with Gasteiger partial charge in [0.15, 0.2) is 23.8 Å². The molecule has 1 heterocycles. The van der Waals surface area contributed by atoms with Gasteiger partial charge in [-0.05, 0) is 55.5 Å². The number of hydrogen-bond donors (Lipinski definition) is 1. The van der Waals surface area contributed by atoms with E-state index < -0.39 is 5.97 Å². The van der Waals surface area contributed by atoms with E-state index in [4.69, 9.17) is 14.2 Å². The zero-order valence-electron chi connectivity index (χ0n) is 18.8. The maximum Gasteiger partial charge on any atom is 0.359 e. The summed E-state index contributed by atoms with van der Waals surface area (Å²) in [5.41, 5.74) is 4.14. The van der Waals surface area contributed by atoms with E-state index in [-0.39, 0.29) is 12.5 Å². The van der Waals surface area contributed by atoms with Crippen LogP contribution in [0.25, 0.3) is 5.69 Å². The quantitative estimate of drug-likeness (QED) is 0.505. The van der Waals surface area contributed by atoms with Crippen LogP contribution in [0.1, 0.15) is 33.7 Å². The Kier molecular flexibility index (Phi) is 6.92. The summed E-state index contributed by atoms with van der Waals surface area (Å²) in [7, 11) is 3.16. The van der Waals surface area contributed by atoms with Gasteiger partial charge in [0.25, 0.3) is 5.91 Å². The third-order valence-corrected chi connectivity index (χ3v) is 5.64. The zero-order valence-corrected chi connectivity index (χ0v) is 18.8. The number of rotatable bonds is 9. The summed E-state index contributed by atoms with van der Waals surface area (Å²) in [4.78, 5) is 24.9. The van der Waals surface area contributed by atoms with Crippen molar-refractivity contribution in [2.45, 2.75) is 25.7 Å². The van der Waals surface area contributed by atoms with Gasteiger partial charge < -0.3 is 19.5 Å². The van der Waals surface area contributed by atoms with E-state index >= 15 is 0 Å². The van der Waals surface area contributed by atoms with Gasteiger partial charge in [-0.1, -0.05) is 24.3 Å². The number of methoxy groups -OCH3 is 2. The van der Waals surface area contributed by atoms with E-state index in [2.05, 4.69) is 10.4 Å². The van der Waals surface area contributed by atoms with Crippen LogP contribution in [0, 0.1) is 0 Å². The van der Waals surface area contributed by atoms with Crippen molar-refractivity contribution >= 4 is 11.9 Å². The standard InChI is InChI=1S/C25H27N3O5/c1-31-21-12-11-17(15-22(21)32-2)13-14-26-23(29)16-33-25(30)24-19-9-6-10-20(19)28(27-24)18-7-4-3-5-8-18/h3-5,7-8,11-12,15H,6,9-10,13-14,16H2,1-2H3,(H,26,29). The Morgan fingerprint density at radius 3 is 2.58 bits per heavy atom. The van der Waals surface area contributed by atoms with Crippen molar-refractivity contribution < 1.29 is 23.8 Å². The minimum atomic E-state index is -0.571. The fourth-order valence-electron chi connectivity index (χ4n) is 4.02. The Morgan fingerprint density at radius 1 is 1.03 bits per heavy atom. The lowest BCUT2D eigenvalue weighted by atomic mass is 10.1. The number of nitrogens with zero attached hydrogens (tertiary/aromatic N) is 2. The van der Waals surface area contributed by atoms with Crippen LogP contribution in [0.5, 0.6) is 11.5 Å². The molecule has 1 N–H and O–H groups in total. The first-order chi connectivity index (χ1) is 16.1. The van der Waals surface area contributed by atoms with Gasteiger partial charge in [0.2, 0.25) is 0 Å². The maximum absolute atomic E-state index is 12.7. The van der Waals surface area contributed by atoms with Crippen LogP contribution in [-0.4, -0.2) is 49.0 Å². The van der Waals surface area contributed by atoms with Crippen molar-refractivity contribution in [2.24, 2.45) is 0 Å². The van der Waals surface area contributed by atoms with Gasteiger partial charge in [0.1, 0.15) is 0 Å². The Hall–Kier alpha value is -3.81. The summed E-state index contributed by atoms with van der Waals surface area (Å²) in [6.07, 6.45) is 3.22. The predicted molar refractivity (Wildman–Crippen MR) is 122 cm³/mol. The van der Waals surface area contributed by atoms with Crippen LogP contribution in [0.2, 0.25) is 0 Å². The Morgan fingerprint density at radius 2 is 1.82 bits per heavy atom. The van der Waals surface area contributed by atoms with E-state index in [1.807, 2.05) is 53.2 Å². The molecule has 0 bridgehead atoms. The highest BCUT2D eigenvalue weighted by Gasteiger charge is 2.28. The number of amides is 1. The molecule has 0 fully saturated rings. The second-order valence-corrected chi connectivity index (χ2v) is 7.74. The van der Waals surface area contributed by atoms with Gasteiger partial charge in [0.05, 0.1) is 19.9 Å². The fourth-order valence-corrected chi connectivity index (χ4v) is 4.02. The summed E-state index contributed by atoms with van der Waals surface area (Å²) in [5, 5.41) is 7.27. The van der Waals surface area contributed by atoms with Crippen molar-refractivity contribution in [3.05, 3.63) is 71.0 Å². The molecule has 1 aromatic heterocycles. The Labute approximate surface area is 192 Å². The van der Waals surface area contributed by atoms with Gasteiger partial charge in [-0.15, -0.1) is 0 Å². The largest absolute Gasteiger partial charge is 0.493 e. The molecule has 4 rings (SSSR count). The third kappa shape index (κ3) is 5.00. The molecule has 3 aromatic rings. The predicted octanol–water partition coefficient (Wildman–Crippen LogP) is 2.89. The Balaban J connectivity index is 1.31. The van der Waals surface area contributed by atoms with Crippen LogP contribution >= 0.6 is 0 Å². The van der Waals surface area contributed by atoms with Crippen LogP contribution < -0.4 is 14.8 Å². The molecule has 8 nitrogen and oxygen atoms in total. The molecular weight excluding hydrogens is 422 g/mol. The molecule has 33 heavy (non-hydrogen) atoms. The monoisotopic (exact) mass is 449 g/mol. The van der Waals surface area contributed by atoms with E-state index in [1.54, 1.807) is 14.2 Å². The summed E-state index contributed by atoms with van der Waals surface area (Å²) in [5.74, 6) is 0.358. The number of carbonyl (C=O) groups excluding carboxylic acids is 2. The topological polar surface area (TPSA) is 91.7 Å². The molecule has 1 amide bonds. The SMILES string of the molecule is COc1ccc(CCNC(=O)COC(=O)c2nn(-c3ccccc3)c3c2CCC3)cc1OC. The van der Waals surface area contributed by atoms with Gasteiger partial charge in [-0.2, -0.15) is 5.10 Å².